The number of carbonyl (C=O) groups is 1. The van der Waals surface area contributed by atoms with Crippen LogP contribution in [-0.2, 0) is 19.5 Å². The number of aromatic hydroxyl groups is 1. The van der Waals surface area contributed by atoms with Gasteiger partial charge in [-0.15, -0.1) is 0 Å². The zero-order valence-corrected chi connectivity index (χ0v) is 13.9. The van der Waals surface area contributed by atoms with E-state index in [1.165, 1.54) is 0 Å². The van der Waals surface area contributed by atoms with E-state index in [2.05, 4.69) is 6.07 Å². The van der Waals surface area contributed by atoms with Crippen molar-refractivity contribution in [3.8, 4) is 11.8 Å². The molecule has 1 amide bonds. The fraction of sp³-hybridized carbons (Fsp3) is 0.300. The first-order chi connectivity index (χ1) is 11.5. The van der Waals surface area contributed by atoms with Crippen molar-refractivity contribution in [2.75, 3.05) is 0 Å². The van der Waals surface area contributed by atoms with E-state index in [1.807, 2.05) is 38.1 Å². The second kappa shape index (κ2) is 6.37. The van der Waals surface area contributed by atoms with Crippen LogP contribution in [0.1, 0.15) is 52.4 Å². The molecule has 0 aromatic heterocycles. The summed E-state index contributed by atoms with van der Waals surface area (Å²) in [6.45, 7) is 5.16. The predicted molar refractivity (Wildman–Crippen MR) is 91.5 cm³/mol. The van der Waals surface area contributed by atoms with Crippen LogP contribution in [0.3, 0.4) is 0 Å². The zero-order valence-electron chi connectivity index (χ0n) is 13.9. The Labute approximate surface area is 142 Å². The van der Waals surface area contributed by atoms with E-state index in [1.54, 1.807) is 17.0 Å². The van der Waals surface area contributed by atoms with Gasteiger partial charge in [-0.25, -0.2) is 0 Å². The molecular formula is C20H20N2O2. The van der Waals surface area contributed by atoms with E-state index >= 15 is 0 Å². The van der Waals surface area contributed by atoms with Crippen LogP contribution in [0.4, 0.5) is 0 Å². The van der Waals surface area contributed by atoms with Gasteiger partial charge in [0, 0.05) is 13.1 Å². The van der Waals surface area contributed by atoms with Gasteiger partial charge in [-0.1, -0.05) is 38.1 Å². The lowest BCUT2D eigenvalue weighted by Gasteiger charge is -2.19. The van der Waals surface area contributed by atoms with Crippen molar-refractivity contribution < 1.29 is 9.90 Å². The summed E-state index contributed by atoms with van der Waals surface area (Å²) in [6, 6.07) is 13.4. The highest BCUT2D eigenvalue weighted by Crippen LogP contribution is 2.31. The minimum atomic E-state index is -0.172. The van der Waals surface area contributed by atoms with Crippen LogP contribution in [0.25, 0.3) is 0 Å². The second-order valence-electron chi connectivity index (χ2n) is 6.49. The lowest BCUT2D eigenvalue weighted by Crippen LogP contribution is -2.25. The van der Waals surface area contributed by atoms with Gasteiger partial charge < -0.3 is 10.0 Å². The van der Waals surface area contributed by atoms with Crippen molar-refractivity contribution in [1.82, 2.24) is 4.90 Å². The molecule has 0 atom stereocenters. The van der Waals surface area contributed by atoms with Crippen LogP contribution in [0.2, 0.25) is 0 Å². The van der Waals surface area contributed by atoms with Crippen LogP contribution < -0.4 is 0 Å². The number of nitrogens with zero attached hydrogens (tertiary/aromatic N) is 2. The maximum atomic E-state index is 12.9. The van der Waals surface area contributed by atoms with Gasteiger partial charge in [0.1, 0.15) is 5.75 Å². The Morgan fingerprint density at radius 1 is 1.25 bits per heavy atom. The number of hydrogen-bond donors (Lipinski definition) is 1. The summed E-state index contributed by atoms with van der Waals surface area (Å²) in [5.41, 5.74) is 4.33. The van der Waals surface area contributed by atoms with Gasteiger partial charge in [-0.3, -0.25) is 4.79 Å². The molecule has 1 heterocycles. The van der Waals surface area contributed by atoms with Crippen molar-refractivity contribution in [1.29, 1.82) is 5.26 Å². The summed E-state index contributed by atoms with van der Waals surface area (Å²) in [5, 5.41) is 19.3. The Kier molecular flexibility index (Phi) is 4.26. The third-order valence-corrected chi connectivity index (χ3v) is 4.51. The zero-order chi connectivity index (χ0) is 17.3. The number of carbonyl (C=O) groups excluding carboxylic acids is 1. The van der Waals surface area contributed by atoms with E-state index in [0.717, 1.165) is 22.3 Å². The lowest BCUT2D eigenvalue weighted by molar-refractivity contribution is 0.0748. The number of hydrogen-bond acceptors (Lipinski definition) is 3. The summed E-state index contributed by atoms with van der Waals surface area (Å²) in [6.07, 6.45) is 0.227. The lowest BCUT2D eigenvalue weighted by atomic mass is 9.92. The SMILES string of the molecule is CC(C)c1cc(C(=O)N2Cc3ccccc3C2)c(O)cc1CC#N. The molecule has 4 heteroatoms. The van der Waals surface area contributed by atoms with Crippen LogP contribution in [0.5, 0.6) is 5.75 Å². The molecule has 0 bridgehead atoms. The third-order valence-electron chi connectivity index (χ3n) is 4.51. The standard InChI is InChI=1S/C20H20N2O2/c1-13(2)17-10-18(19(23)9-14(17)7-8-21)20(24)22-11-15-5-3-4-6-16(15)12-22/h3-6,9-10,13,23H,7,11-12H2,1-2H3. The van der Waals surface area contributed by atoms with Gasteiger partial charge >= 0.3 is 0 Å². The van der Waals surface area contributed by atoms with Gasteiger partial charge in [0.2, 0.25) is 0 Å². The first-order valence-electron chi connectivity index (χ1n) is 8.10. The Morgan fingerprint density at radius 2 is 1.88 bits per heavy atom. The molecule has 0 saturated carbocycles. The average Bonchev–Trinajstić information content (AvgIpc) is 2.98. The summed E-state index contributed by atoms with van der Waals surface area (Å²) < 4.78 is 0. The number of phenolic OH excluding ortho intramolecular Hbond substituents is 1. The Balaban J connectivity index is 1.94. The summed E-state index contributed by atoms with van der Waals surface area (Å²) in [7, 11) is 0. The monoisotopic (exact) mass is 320 g/mol. The molecule has 0 fully saturated rings. The summed E-state index contributed by atoms with van der Waals surface area (Å²) in [4.78, 5) is 14.6. The van der Waals surface area contributed by atoms with Gasteiger partial charge in [0.25, 0.3) is 5.91 Å². The average molecular weight is 320 g/mol. The predicted octanol–water partition coefficient (Wildman–Crippen LogP) is 3.74. The third kappa shape index (κ3) is 2.85. The minimum absolute atomic E-state index is 0.0504. The molecule has 2 aromatic rings. The number of rotatable bonds is 3. The first kappa shape index (κ1) is 16.1. The van der Waals surface area contributed by atoms with E-state index < -0.39 is 0 Å². The van der Waals surface area contributed by atoms with Crippen molar-refractivity contribution in [2.45, 2.75) is 39.3 Å². The van der Waals surface area contributed by atoms with Crippen LogP contribution >= 0.6 is 0 Å². The highest BCUT2D eigenvalue weighted by Gasteiger charge is 2.26. The van der Waals surface area contributed by atoms with Gasteiger partial charge in [0.05, 0.1) is 18.1 Å². The molecule has 0 spiro atoms. The minimum Gasteiger partial charge on any atom is -0.507 e. The Bertz CT molecular complexity index is 809. The molecular weight excluding hydrogens is 300 g/mol. The summed E-state index contributed by atoms with van der Waals surface area (Å²) in [5.74, 6) is -0.0454. The van der Waals surface area contributed by atoms with Gasteiger partial charge in [-0.2, -0.15) is 5.26 Å². The molecule has 0 radical (unpaired) electrons. The molecule has 2 aromatic carbocycles. The highest BCUT2D eigenvalue weighted by atomic mass is 16.3. The van der Waals surface area contributed by atoms with Crippen molar-refractivity contribution in [2.24, 2.45) is 0 Å². The molecule has 0 saturated heterocycles. The van der Waals surface area contributed by atoms with Crippen molar-refractivity contribution in [3.63, 3.8) is 0 Å². The first-order valence-corrected chi connectivity index (χ1v) is 8.10. The van der Waals surface area contributed by atoms with E-state index in [9.17, 15) is 9.90 Å². The maximum Gasteiger partial charge on any atom is 0.258 e. The molecule has 24 heavy (non-hydrogen) atoms. The van der Waals surface area contributed by atoms with Crippen molar-refractivity contribution in [3.05, 3.63) is 64.2 Å². The van der Waals surface area contributed by atoms with Crippen molar-refractivity contribution >= 4 is 5.91 Å². The second-order valence-corrected chi connectivity index (χ2v) is 6.49. The van der Waals surface area contributed by atoms with Gasteiger partial charge in [0.15, 0.2) is 0 Å². The van der Waals surface area contributed by atoms with Crippen LogP contribution in [0.15, 0.2) is 36.4 Å². The molecule has 0 aliphatic carbocycles. The number of phenols is 1. The van der Waals surface area contributed by atoms with Crippen LogP contribution in [-0.4, -0.2) is 15.9 Å². The Morgan fingerprint density at radius 3 is 2.42 bits per heavy atom. The quantitative estimate of drug-likeness (QED) is 0.937. The largest absolute Gasteiger partial charge is 0.507 e. The molecule has 1 N–H and O–H groups in total. The molecule has 1 aliphatic heterocycles. The molecule has 1 aliphatic rings. The molecule has 3 rings (SSSR count). The molecule has 122 valence electrons. The molecule has 4 nitrogen and oxygen atoms in total. The fourth-order valence-electron chi connectivity index (χ4n) is 3.24. The van der Waals surface area contributed by atoms with Crippen LogP contribution in [0, 0.1) is 11.3 Å². The topological polar surface area (TPSA) is 64.3 Å². The Hall–Kier alpha value is -2.80. The highest BCUT2D eigenvalue weighted by molar-refractivity contribution is 5.97. The maximum absolute atomic E-state index is 12.9. The van der Waals surface area contributed by atoms with E-state index in [-0.39, 0.29) is 24.0 Å². The summed E-state index contributed by atoms with van der Waals surface area (Å²) >= 11 is 0. The van der Waals surface area contributed by atoms with E-state index in [4.69, 9.17) is 5.26 Å². The number of benzene rings is 2. The number of nitriles is 1. The molecule has 0 unspecified atom stereocenters. The number of fused-ring (bicyclic) bond motifs is 1. The smallest absolute Gasteiger partial charge is 0.258 e. The number of amides is 1. The fourth-order valence-corrected chi connectivity index (χ4v) is 3.24. The van der Waals surface area contributed by atoms with Gasteiger partial charge in [-0.05, 0) is 40.3 Å². The normalized spacial score (nSPS) is 13.0. The van der Waals surface area contributed by atoms with E-state index in [0.29, 0.717) is 18.7 Å².